The van der Waals surface area contributed by atoms with Gasteiger partial charge in [0.25, 0.3) is 0 Å². The van der Waals surface area contributed by atoms with E-state index in [4.69, 9.17) is 23.2 Å². The van der Waals surface area contributed by atoms with Crippen LogP contribution in [0.15, 0.2) is 18.2 Å². The molecule has 1 unspecified atom stereocenters. The number of rotatable bonds is 4. The molecule has 0 spiro atoms. The number of nitrogens with zero attached hydrogens (tertiary/aromatic N) is 1. The summed E-state index contributed by atoms with van der Waals surface area (Å²) in [4.78, 5) is 13.6. The van der Waals surface area contributed by atoms with Gasteiger partial charge >= 0.3 is 0 Å². The van der Waals surface area contributed by atoms with Crippen LogP contribution in [0.25, 0.3) is 0 Å². The molecule has 1 atom stereocenters. The Bertz CT molecular complexity index is 447. The Labute approximate surface area is 118 Å². The van der Waals surface area contributed by atoms with E-state index in [-0.39, 0.29) is 5.78 Å². The standard InChI is InChI=1S/C14H17Cl2NO/c1-10(18)8-12-5-3-7-17(12)9-11-4-2-6-13(15)14(11)16/h2,4,6,12H,3,5,7-9H2,1H3. The summed E-state index contributed by atoms with van der Waals surface area (Å²) in [7, 11) is 0. The molecule has 1 aromatic rings. The maximum Gasteiger partial charge on any atom is 0.131 e. The predicted molar refractivity (Wildman–Crippen MR) is 75.2 cm³/mol. The Hall–Kier alpha value is -0.570. The highest BCUT2D eigenvalue weighted by Crippen LogP contribution is 2.29. The first-order valence-corrected chi connectivity index (χ1v) is 7.00. The van der Waals surface area contributed by atoms with Gasteiger partial charge in [-0.1, -0.05) is 35.3 Å². The monoisotopic (exact) mass is 285 g/mol. The number of hydrogen-bond acceptors (Lipinski definition) is 2. The van der Waals surface area contributed by atoms with Crippen LogP contribution < -0.4 is 0 Å². The SMILES string of the molecule is CC(=O)CC1CCCN1Cc1cccc(Cl)c1Cl. The summed E-state index contributed by atoms with van der Waals surface area (Å²) in [6, 6.07) is 6.07. The molecule has 0 aliphatic carbocycles. The molecule has 1 heterocycles. The minimum atomic E-state index is 0.254. The summed E-state index contributed by atoms with van der Waals surface area (Å²) < 4.78 is 0. The molecule has 1 aliphatic rings. The van der Waals surface area contributed by atoms with E-state index in [1.165, 1.54) is 0 Å². The fourth-order valence-electron chi connectivity index (χ4n) is 2.56. The Morgan fingerprint density at radius 3 is 2.94 bits per heavy atom. The molecule has 1 aromatic carbocycles. The zero-order valence-corrected chi connectivity index (χ0v) is 12.0. The van der Waals surface area contributed by atoms with E-state index in [9.17, 15) is 4.79 Å². The molecule has 1 fully saturated rings. The van der Waals surface area contributed by atoms with Crippen molar-refractivity contribution in [3.8, 4) is 0 Å². The summed E-state index contributed by atoms with van der Waals surface area (Å²) >= 11 is 12.2. The summed E-state index contributed by atoms with van der Waals surface area (Å²) in [6.07, 6.45) is 2.88. The van der Waals surface area contributed by atoms with Gasteiger partial charge in [0.1, 0.15) is 5.78 Å². The molecule has 98 valence electrons. The topological polar surface area (TPSA) is 20.3 Å². The largest absolute Gasteiger partial charge is 0.300 e. The molecule has 0 saturated carbocycles. The lowest BCUT2D eigenvalue weighted by Gasteiger charge is -2.24. The van der Waals surface area contributed by atoms with Crippen LogP contribution in [-0.2, 0) is 11.3 Å². The fraction of sp³-hybridized carbons (Fsp3) is 0.500. The molecule has 4 heteroatoms. The van der Waals surface area contributed by atoms with E-state index in [0.29, 0.717) is 22.5 Å². The molecular formula is C14H17Cl2NO. The minimum absolute atomic E-state index is 0.254. The van der Waals surface area contributed by atoms with Gasteiger partial charge in [-0.15, -0.1) is 0 Å². The number of carbonyl (C=O) groups is 1. The smallest absolute Gasteiger partial charge is 0.131 e. The van der Waals surface area contributed by atoms with Gasteiger partial charge in [0.2, 0.25) is 0 Å². The van der Waals surface area contributed by atoms with Crippen molar-refractivity contribution < 1.29 is 4.79 Å². The van der Waals surface area contributed by atoms with Crippen molar-refractivity contribution in [1.29, 1.82) is 0 Å². The highest BCUT2D eigenvalue weighted by atomic mass is 35.5. The lowest BCUT2D eigenvalue weighted by atomic mass is 10.1. The first-order valence-electron chi connectivity index (χ1n) is 6.24. The van der Waals surface area contributed by atoms with Gasteiger partial charge in [-0.05, 0) is 37.9 Å². The quantitative estimate of drug-likeness (QED) is 0.835. The van der Waals surface area contributed by atoms with E-state index in [2.05, 4.69) is 4.90 Å². The first kappa shape index (κ1) is 13.9. The van der Waals surface area contributed by atoms with Gasteiger partial charge in [0.05, 0.1) is 10.0 Å². The van der Waals surface area contributed by atoms with E-state index < -0.39 is 0 Å². The molecule has 0 radical (unpaired) electrons. The van der Waals surface area contributed by atoms with E-state index in [0.717, 1.165) is 31.5 Å². The minimum Gasteiger partial charge on any atom is -0.300 e. The van der Waals surface area contributed by atoms with Gasteiger partial charge in [0, 0.05) is 19.0 Å². The molecule has 0 N–H and O–H groups in total. The lowest BCUT2D eigenvalue weighted by Crippen LogP contribution is -2.30. The number of carbonyl (C=O) groups excluding carboxylic acids is 1. The van der Waals surface area contributed by atoms with Crippen LogP contribution >= 0.6 is 23.2 Å². The summed E-state index contributed by atoms with van der Waals surface area (Å²) in [5.74, 6) is 0.254. The van der Waals surface area contributed by atoms with Crippen LogP contribution in [0.3, 0.4) is 0 Å². The van der Waals surface area contributed by atoms with E-state index in [1.807, 2.05) is 12.1 Å². The van der Waals surface area contributed by atoms with Crippen molar-refractivity contribution in [2.45, 2.75) is 38.8 Å². The van der Waals surface area contributed by atoms with Crippen molar-refractivity contribution in [2.75, 3.05) is 6.54 Å². The number of Topliss-reactive ketones (excluding diaryl/α,β-unsaturated/α-hetero) is 1. The molecule has 0 aromatic heterocycles. The van der Waals surface area contributed by atoms with E-state index >= 15 is 0 Å². The van der Waals surface area contributed by atoms with Crippen LogP contribution in [0, 0.1) is 0 Å². The lowest BCUT2D eigenvalue weighted by molar-refractivity contribution is -0.118. The summed E-state index contributed by atoms with van der Waals surface area (Å²) in [5.41, 5.74) is 1.04. The highest BCUT2D eigenvalue weighted by molar-refractivity contribution is 6.42. The van der Waals surface area contributed by atoms with Gasteiger partial charge in [-0.25, -0.2) is 0 Å². The molecule has 1 aliphatic heterocycles. The third-order valence-electron chi connectivity index (χ3n) is 3.43. The van der Waals surface area contributed by atoms with Crippen molar-refractivity contribution in [1.82, 2.24) is 4.90 Å². The summed E-state index contributed by atoms with van der Waals surface area (Å²) in [5, 5.41) is 1.23. The maximum atomic E-state index is 11.2. The molecule has 0 bridgehead atoms. The van der Waals surface area contributed by atoms with Crippen molar-refractivity contribution in [3.05, 3.63) is 33.8 Å². The van der Waals surface area contributed by atoms with Crippen molar-refractivity contribution >= 4 is 29.0 Å². The predicted octanol–water partition coefficient (Wildman–Crippen LogP) is 3.94. The highest BCUT2D eigenvalue weighted by Gasteiger charge is 2.26. The number of benzene rings is 1. The van der Waals surface area contributed by atoms with Crippen molar-refractivity contribution in [3.63, 3.8) is 0 Å². The average molecular weight is 286 g/mol. The Morgan fingerprint density at radius 1 is 1.44 bits per heavy atom. The average Bonchev–Trinajstić information content (AvgIpc) is 2.72. The maximum absolute atomic E-state index is 11.2. The van der Waals surface area contributed by atoms with Crippen LogP contribution in [0.5, 0.6) is 0 Å². The zero-order valence-electron chi connectivity index (χ0n) is 10.5. The van der Waals surface area contributed by atoms with Crippen LogP contribution in [0.1, 0.15) is 31.7 Å². The number of ketones is 1. The second kappa shape index (κ2) is 6.05. The third-order valence-corrected chi connectivity index (χ3v) is 4.29. The van der Waals surface area contributed by atoms with Crippen LogP contribution in [-0.4, -0.2) is 23.3 Å². The molecule has 2 rings (SSSR count). The normalized spacial score (nSPS) is 20.3. The molecular weight excluding hydrogens is 269 g/mol. The number of likely N-dealkylation sites (tertiary alicyclic amines) is 1. The zero-order chi connectivity index (χ0) is 13.1. The van der Waals surface area contributed by atoms with Crippen LogP contribution in [0.4, 0.5) is 0 Å². The first-order chi connectivity index (χ1) is 8.58. The summed E-state index contributed by atoms with van der Waals surface area (Å²) in [6.45, 7) is 3.46. The fourth-order valence-corrected chi connectivity index (χ4v) is 2.94. The van der Waals surface area contributed by atoms with E-state index in [1.54, 1.807) is 13.0 Å². The second-order valence-corrected chi connectivity index (χ2v) is 5.67. The van der Waals surface area contributed by atoms with Gasteiger partial charge in [-0.3, -0.25) is 9.69 Å². The van der Waals surface area contributed by atoms with Gasteiger partial charge in [0.15, 0.2) is 0 Å². The van der Waals surface area contributed by atoms with Gasteiger partial charge < -0.3 is 0 Å². The number of hydrogen-bond donors (Lipinski definition) is 0. The molecule has 0 amide bonds. The Kier molecular flexibility index (Phi) is 4.66. The third kappa shape index (κ3) is 3.25. The van der Waals surface area contributed by atoms with Crippen molar-refractivity contribution in [2.24, 2.45) is 0 Å². The molecule has 2 nitrogen and oxygen atoms in total. The second-order valence-electron chi connectivity index (χ2n) is 4.89. The van der Waals surface area contributed by atoms with Gasteiger partial charge in [-0.2, -0.15) is 0 Å². The Morgan fingerprint density at radius 2 is 2.22 bits per heavy atom. The molecule has 18 heavy (non-hydrogen) atoms. The molecule has 1 saturated heterocycles. The van der Waals surface area contributed by atoms with Crippen LogP contribution in [0.2, 0.25) is 10.0 Å². The number of halogens is 2. The Balaban J connectivity index is 2.08.